The van der Waals surface area contributed by atoms with Crippen LogP contribution >= 0.6 is 11.3 Å². The SMILES string of the molecule is c1ccc(-c2ccc(N(c3ccc4c(c3)oc3ccc(-c5ccccc5)cc34)c3cccc4sc5ccc(-c6ccccc6)cc5c34)cc2)cc1. The molecule has 0 fully saturated rings. The Morgan fingerprint density at radius 1 is 0.353 bits per heavy atom. The molecule has 0 aliphatic rings. The molecule has 2 heterocycles. The summed E-state index contributed by atoms with van der Waals surface area (Å²) in [5, 5.41) is 4.74. The smallest absolute Gasteiger partial charge is 0.137 e. The Labute approximate surface area is 300 Å². The quantitative estimate of drug-likeness (QED) is 0.175. The minimum absolute atomic E-state index is 0.868. The largest absolute Gasteiger partial charge is 0.456 e. The van der Waals surface area contributed by atoms with Crippen molar-refractivity contribution in [1.82, 2.24) is 0 Å². The van der Waals surface area contributed by atoms with E-state index in [4.69, 9.17) is 4.42 Å². The van der Waals surface area contributed by atoms with Crippen molar-refractivity contribution in [2.75, 3.05) is 4.90 Å². The highest BCUT2D eigenvalue weighted by molar-refractivity contribution is 7.26. The first-order valence-corrected chi connectivity index (χ1v) is 18.1. The van der Waals surface area contributed by atoms with E-state index in [2.05, 4.69) is 193 Å². The van der Waals surface area contributed by atoms with Crippen LogP contribution in [0.3, 0.4) is 0 Å². The summed E-state index contributed by atoms with van der Waals surface area (Å²) in [5.74, 6) is 0. The van der Waals surface area contributed by atoms with Crippen molar-refractivity contribution >= 4 is 70.5 Å². The van der Waals surface area contributed by atoms with Crippen LogP contribution in [-0.4, -0.2) is 0 Å². The highest BCUT2D eigenvalue weighted by Gasteiger charge is 2.20. The fourth-order valence-electron chi connectivity index (χ4n) is 7.38. The molecule has 0 aliphatic heterocycles. The van der Waals surface area contributed by atoms with Gasteiger partial charge in [-0.3, -0.25) is 0 Å². The summed E-state index contributed by atoms with van der Waals surface area (Å²) < 4.78 is 9.10. The van der Waals surface area contributed by atoms with E-state index in [1.807, 2.05) is 11.3 Å². The number of fused-ring (bicyclic) bond motifs is 6. The molecule has 0 aliphatic carbocycles. The van der Waals surface area contributed by atoms with E-state index in [0.717, 1.165) is 39.0 Å². The van der Waals surface area contributed by atoms with E-state index >= 15 is 0 Å². The molecule has 0 radical (unpaired) electrons. The Kier molecular flexibility index (Phi) is 7.04. The summed E-state index contributed by atoms with van der Waals surface area (Å²) in [4.78, 5) is 2.39. The second-order valence-corrected chi connectivity index (χ2v) is 14.0. The summed E-state index contributed by atoms with van der Waals surface area (Å²) in [7, 11) is 0. The van der Waals surface area contributed by atoms with Gasteiger partial charge in [0.25, 0.3) is 0 Å². The molecule has 0 N–H and O–H groups in total. The predicted molar refractivity (Wildman–Crippen MR) is 218 cm³/mol. The van der Waals surface area contributed by atoms with Crippen molar-refractivity contribution < 1.29 is 4.42 Å². The first-order valence-electron chi connectivity index (χ1n) is 17.2. The summed E-state index contributed by atoms with van der Waals surface area (Å²) >= 11 is 1.85. The van der Waals surface area contributed by atoms with E-state index in [0.29, 0.717) is 0 Å². The molecule has 2 nitrogen and oxygen atoms in total. The van der Waals surface area contributed by atoms with Crippen molar-refractivity contribution in [2.45, 2.75) is 0 Å². The average Bonchev–Trinajstić information content (AvgIpc) is 3.77. The molecule has 51 heavy (non-hydrogen) atoms. The lowest BCUT2D eigenvalue weighted by molar-refractivity contribution is 0.669. The third-order valence-corrected chi connectivity index (χ3v) is 11.0. The van der Waals surface area contributed by atoms with Crippen LogP contribution < -0.4 is 4.90 Å². The Morgan fingerprint density at radius 2 is 0.922 bits per heavy atom. The number of nitrogens with zero attached hydrogens (tertiary/aromatic N) is 1. The Bertz CT molecular complexity index is 2840. The van der Waals surface area contributed by atoms with Crippen LogP contribution in [0.2, 0.25) is 0 Å². The van der Waals surface area contributed by atoms with Gasteiger partial charge in [-0.2, -0.15) is 0 Å². The molecular formula is C48H31NOS. The minimum Gasteiger partial charge on any atom is -0.456 e. The molecular weight excluding hydrogens is 639 g/mol. The molecule has 0 unspecified atom stereocenters. The van der Waals surface area contributed by atoms with Crippen molar-refractivity contribution in [3.05, 3.63) is 188 Å². The van der Waals surface area contributed by atoms with Gasteiger partial charge in [-0.25, -0.2) is 0 Å². The maximum atomic E-state index is 6.57. The van der Waals surface area contributed by atoms with Gasteiger partial charge in [-0.05, 0) is 94.0 Å². The molecule has 240 valence electrons. The molecule has 0 bridgehead atoms. The van der Waals surface area contributed by atoms with Crippen LogP contribution in [0.5, 0.6) is 0 Å². The van der Waals surface area contributed by atoms with Crippen molar-refractivity contribution in [2.24, 2.45) is 0 Å². The summed E-state index contributed by atoms with van der Waals surface area (Å²) in [6.07, 6.45) is 0. The van der Waals surface area contributed by atoms with E-state index in [-0.39, 0.29) is 0 Å². The monoisotopic (exact) mass is 669 g/mol. The van der Waals surface area contributed by atoms with Crippen LogP contribution in [0.4, 0.5) is 17.1 Å². The number of furan rings is 1. The van der Waals surface area contributed by atoms with Crippen LogP contribution in [0, 0.1) is 0 Å². The lowest BCUT2D eigenvalue weighted by Gasteiger charge is -2.26. The van der Waals surface area contributed by atoms with Crippen molar-refractivity contribution in [3.8, 4) is 33.4 Å². The standard InChI is InChI=1S/C48H31NOS/c1-4-11-32(12-5-1)35-19-23-38(24-20-35)49(39-25-26-40-41-29-36(33-13-6-2-7-14-33)21-27-44(41)50-45(40)31-39)43-17-10-18-47-48(43)42-30-37(22-28-46(42)51-47)34-15-8-3-9-16-34/h1-31H. The third-order valence-electron chi connectivity index (χ3n) is 9.87. The lowest BCUT2D eigenvalue weighted by atomic mass is 10.0. The van der Waals surface area contributed by atoms with Gasteiger partial charge < -0.3 is 9.32 Å². The molecule has 0 saturated carbocycles. The second-order valence-electron chi connectivity index (χ2n) is 12.9. The highest BCUT2D eigenvalue weighted by Crippen LogP contribution is 2.47. The number of thiophene rings is 1. The molecule has 0 atom stereocenters. The lowest BCUT2D eigenvalue weighted by Crippen LogP contribution is -2.10. The zero-order valence-electron chi connectivity index (χ0n) is 27.7. The summed E-state index contributed by atoms with van der Waals surface area (Å²) in [6.45, 7) is 0. The van der Waals surface area contributed by atoms with Gasteiger partial charge in [0.05, 0.1) is 5.69 Å². The second kappa shape index (κ2) is 12.2. The van der Waals surface area contributed by atoms with E-state index < -0.39 is 0 Å². The molecule has 8 aromatic carbocycles. The summed E-state index contributed by atoms with van der Waals surface area (Å²) in [6, 6.07) is 67.4. The number of benzene rings is 8. The molecule has 0 saturated heterocycles. The molecule has 10 rings (SSSR count). The van der Waals surface area contributed by atoms with Crippen molar-refractivity contribution in [3.63, 3.8) is 0 Å². The molecule has 0 spiro atoms. The van der Waals surface area contributed by atoms with Crippen LogP contribution in [0.25, 0.3) is 75.5 Å². The summed E-state index contributed by atoms with van der Waals surface area (Å²) in [5.41, 5.74) is 12.2. The molecule has 0 amide bonds. The van der Waals surface area contributed by atoms with Crippen LogP contribution in [-0.2, 0) is 0 Å². The third kappa shape index (κ3) is 5.18. The molecule has 2 aromatic heterocycles. The Morgan fingerprint density at radius 3 is 1.61 bits per heavy atom. The van der Waals surface area contributed by atoms with Gasteiger partial charge in [0.1, 0.15) is 11.2 Å². The first-order chi connectivity index (χ1) is 25.3. The van der Waals surface area contributed by atoms with Gasteiger partial charge in [0.15, 0.2) is 0 Å². The Hall–Kier alpha value is -6.42. The number of rotatable bonds is 6. The number of hydrogen-bond donors (Lipinski definition) is 0. The highest BCUT2D eigenvalue weighted by atomic mass is 32.1. The van der Waals surface area contributed by atoms with Gasteiger partial charge in [-0.15, -0.1) is 11.3 Å². The molecule has 3 heteroatoms. The van der Waals surface area contributed by atoms with Crippen LogP contribution in [0.15, 0.2) is 192 Å². The average molecular weight is 670 g/mol. The van der Waals surface area contributed by atoms with Crippen molar-refractivity contribution in [1.29, 1.82) is 0 Å². The van der Waals surface area contributed by atoms with Crippen LogP contribution in [0.1, 0.15) is 0 Å². The number of hydrogen-bond acceptors (Lipinski definition) is 3. The molecule has 10 aromatic rings. The topological polar surface area (TPSA) is 16.4 Å². The van der Waals surface area contributed by atoms with Gasteiger partial charge in [0, 0.05) is 48.4 Å². The first kappa shape index (κ1) is 29.5. The number of anilines is 3. The van der Waals surface area contributed by atoms with E-state index in [9.17, 15) is 0 Å². The zero-order valence-corrected chi connectivity index (χ0v) is 28.5. The van der Waals surface area contributed by atoms with E-state index in [1.54, 1.807) is 0 Å². The van der Waals surface area contributed by atoms with E-state index in [1.165, 1.54) is 53.6 Å². The fraction of sp³-hybridized carbons (Fsp3) is 0. The minimum atomic E-state index is 0.868. The normalized spacial score (nSPS) is 11.5. The predicted octanol–water partition coefficient (Wildman–Crippen LogP) is 14.4. The Balaban J connectivity index is 1.17. The fourth-order valence-corrected chi connectivity index (χ4v) is 8.49. The van der Waals surface area contributed by atoms with Gasteiger partial charge in [-0.1, -0.05) is 121 Å². The maximum absolute atomic E-state index is 6.57. The van der Waals surface area contributed by atoms with Gasteiger partial charge >= 0.3 is 0 Å². The maximum Gasteiger partial charge on any atom is 0.137 e. The zero-order chi connectivity index (χ0) is 33.7. The van der Waals surface area contributed by atoms with Gasteiger partial charge in [0.2, 0.25) is 0 Å².